The van der Waals surface area contributed by atoms with Gasteiger partial charge in [0.05, 0.1) is 12.6 Å². The predicted octanol–water partition coefficient (Wildman–Crippen LogP) is -1.06. The first kappa shape index (κ1) is 10.6. The van der Waals surface area contributed by atoms with E-state index in [4.69, 9.17) is 0 Å². The summed E-state index contributed by atoms with van der Waals surface area (Å²) in [5.41, 5.74) is 0. The molecule has 2 rings (SSSR count). The van der Waals surface area contributed by atoms with Crippen molar-refractivity contribution < 1.29 is 9.59 Å². The summed E-state index contributed by atoms with van der Waals surface area (Å²) in [5.74, 6) is 0.229. The van der Waals surface area contributed by atoms with Crippen molar-refractivity contribution in [1.29, 1.82) is 0 Å². The molecule has 0 aliphatic carbocycles. The van der Waals surface area contributed by atoms with Crippen LogP contribution < -0.4 is 10.6 Å². The third-order valence-electron chi connectivity index (χ3n) is 3.19. The zero-order chi connectivity index (χ0) is 10.8. The molecule has 0 aromatic rings. The van der Waals surface area contributed by atoms with Gasteiger partial charge in [-0.2, -0.15) is 0 Å². The molecule has 2 unspecified atom stereocenters. The van der Waals surface area contributed by atoms with Crippen molar-refractivity contribution in [2.75, 3.05) is 26.2 Å². The van der Waals surface area contributed by atoms with Crippen LogP contribution in [-0.2, 0) is 9.59 Å². The van der Waals surface area contributed by atoms with Gasteiger partial charge in [0, 0.05) is 6.54 Å². The molecule has 5 heteroatoms. The number of amides is 2. The van der Waals surface area contributed by atoms with Gasteiger partial charge in [0.15, 0.2) is 0 Å². The first-order valence-corrected chi connectivity index (χ1v) is 5.45. The molecule has 2 aliphatic rings. The SMILES string of the molecule is CC1C(=O)NC(=O)CN1CC1CCNC1. The van der Waals surface area contributed by atoms with Gasteiger partial charge < -0.3 is 5.32 Å². The van der Waals surface area contributed by atoms with Gasteiger partial charge >= 0.3 is 0 Å². The molecular formula is C10H17N3O2. The number of carbonyl (C=O) groups is 2. The van der Waals surface area contributed by atoms with Crippen LogP contribution in [0.1, 0.15) is 13.3 Å². The number of rotatable bonds is 2. The Balaban J connectivity index is 1.94. The second-order valence-corrected chi connectivity index (χ2v) is 4.38. The van der Waals surface area contributed by atoms with Crippen molar-refractivity contribution in [2.45, 2.75) is 19.4 Å². The number of carbonyl (C=O) groups excluding carboxylic acids is 2. The van der Waals surface area contributed by atoms with E-state index in [9.17, 15) is 9.59 Å². The lowest BCUT2D eigenvalue weighted by Gasteiger charge is -2.33. The van der Waals surface area contributed by atoms with Crippen LogP contribution in [0.15, 0.2) is 0 Å². The molecule has 0 aromatic heterocycles. The number of nitrogens with zero attached hydrogens (tertiary/aromatic N) is 1. The topological polar surface area (TPSA) is 61.4 Å². The molecule has 84 valence electrons. The summed E-state index contributed by atoms with van der Waals surface area (Å²) < 4.78 is 0. The van der Waals surface area contributed by atoms with Crippen LogP contribution in [0.25, 0.3) is 0 Å². The molecule has 2 saturated heterocycles. The largest absolute Gasteiger partial charge is 0.316 e. The fourth-order valence-corrected chi connectivity index (χ4v) is 2.19. The van der Waals surface area contributed by atoms with Gasteiger partial charge in [-0.3, -0.25) is 19.8 Å². The van der Waals surface area contributed by atoms with Gasteiger partial charge in [-0.25, -0.2) is 0 Å². The van der Waals surface area contributed by atoms with Crippen LogP contribution >= 0.6 is 0 Å². The Morgan fingerprint density at radius 2 is 2.27 bits per heavy atom. The van der Waals surface area contributed by atoms with Crippen molar-refractivity contribution in [1.82, 2.24) is 15.5 Å². The van der Waals surface area contributed by atoms with Gasteiger partial charge in [-0.05, 0) is 32.4 Å². The molecule has 15 heavy (non-hydrogen) atoms. The summed E-state index contributed by atoms with van der Waals surface area (Å²) in [7, 11) is 0. The minimum atomic E-state index is -0.178. The molecule has 2 N–H and O–H groups in total. The zero-order valence-corrected chi connectivity index (χ0v) is 8.95. The fraction of sp³-hybridized carbons (Fsp3) is 0.800. The van der Waals surface area contributed by atoms with E-state index in [2.05, 4.69) is 10.6 Å². The number of piperazine rings is 1. The smallest absolute Gasteiger partial charge is 0.243 e. The summed E-state index contributed by atoms with van der Waals surface area (Å²) in [5, 5.41) is 5.64. The average molecular weight is 211 g/mol. The van der Waals surface area contributed by atoms with Crippen molar-refractivity contribution in [2.24, 2.45) is 5.92 Å². The second kappa shape index (κ2) is 4.28. The van der Waals surface area contributed by atoms with Crippen LogP contribution in [-0.4, -0.2) is 48.9 Å². The van der Waals surface area contributed by atoms with E-state index >= 15 is 0 Å². The predicted molar refractivity (Wildman–Crippen MR) is 55.2 cm³/mol. The third kappa shape index (κ3) is 2.35. The van der Waals surface area contributed by atoms with Crippen molar-refractivity contribution in [3.63, 3.8) is 0 Å². The van der Waals surface area contributed by atoms with E-state index < -0.39 is 0 Å². The Morgan fingerprint density at radius 1 is 1.47 bits per heavy atom. The van der Waals surface area contributed by atoms with Gasteiger partial charge in [0.1, 0.15) is 0 Å². The Morgan fingerprint density at radius 3 is 2.93 bits per heavy atom. The quantitative estimate of drug-likeness (QED) is 0.572. The molecule has 0 aromatic carbocycles. The van der Waals surface area contributed by atoms with Crippen LogP contribution in [0.5, 0.6) is 0 Å². The van der Waals surface area contributed by atoms with Crippen LogP contribution in [0.3, 0.4) is 0 Å². The Kier molecular flexibility index (Phi) is 3.02. The highest BCUT2D eigenvalue weighted by molar-refractivity contribution is 6.00. The monoisotopic (exact) mass is 211 g/mol. The molecule has 2 heterocycles. The first-order chi connectivity index (χ1) is 7.16. The standard InChI is InChI=1S/C10H17N3O2/c1-7-10(15)12-9(14)6-13(7)5-8-2-3-11-4-8/h7-8,11H,2-6H2,1H3,(H,12,14,15). The van der Waals surface area contributed by atoms with Crippen LogP contribution in [0, 0.1) is 5.92 Å². The lowest BCUT2D eigenvalue weighted by molar-refractivity contribution is -0.139. The lowest BCUT2D eigenvalue weighted by atomic mass is 10.1. The second-order valence-electron chi connectivity index (χ2n) is 4.38. The summed E-state index contributed by atoms with van der Waals surface area (Å²) in [4.78, 5) is 24.6. The molecule has 0 saturated carbocycles. The van der Waals surface area contributed by atoms with E-state index in [0.717, 1.165) is 26.1 Å². The lowest BCUT2D eigenvalue weighted by Crippen LogP contribution is -2.57. The summed E-state index contributed by atoms with van der Waals surface area (Å²) in [6.45, 7) is 5.09. The normalized spacial score (nSPS) is 33.1. The highest BCUT2D eigenvalue weighted by atomic mass is 16.2. The number of hydrogen-bond acceptors (Lipinski definition) is 4. The first-order valence-electron chi connectivity index (χ1n) is 5.45. The molecule has 2 aliphatic heterocycles. The van der Waals surface area contributed by atoms with Crippen molar-refractivity contribution in [3.05, 3.63) is 0 Å². The van der Waals surface area contributed by atoms with Crippen LogP contribution in [0.2, 0.25) is 0 Å². The maximum atomic E-state index is 11.4. The Hall–Kier alpha value is -0.940. The van der Waals surface area contributed by atoms with E-state index in [-0.39, 0.29) is 17.9 Å². The molecule has 0 radical (unpaired) electrons. The number of imide groups is 1. The molecule has 2 amide bonds. The molecular weight excluding hydrogens is 194 g/mol. The molecule has 0 bridgehead atoms. The Bertz CT molecular complexity index is 274. The number of nitrogens with one attached hydrogen (secondary N) is 2. The molecule has 5 nitrogen and oxygen atoms in total. The van der Waals surface area contributed by atoms with Crippen molar-refractivity contribution >= 4 is 11.8 Å². The maximum Gasteiger partial charge on any atom is 0.243 e. The average Bonchev–Trinajstić information content (AvgIpc) is 2.66. The summed E-state index contributed by atoms with van der Waals surface area (Å²) in [6.07, 6.45) is 1.14. The van der Waals surface area contributed by atoms with E-state index in [1.807, 2.05) is 11.8 Å². The molecule has 0 spiro atoms. The third-order valence-corrected chi connectivity index (χ3v) is 3.19. The highest BCUT2D eigenvalue weighted by Crippen LogP contribution is 2.13. The molecule has 2 atom stereocenters. The van der Waals surface area contributed by atoms with Crippen molar-refractivity contribution in [3.8, 4) is 0 Å². The summed E-state index contributed by atoms with van der Waals surface area (Å²) in [6, 6.07) is -0.178. The van der Waals surface area contributed by atoms with Gasteiger partial charge in [-0.15, -0.1) is 0 Å². The molecule has 2 fully saturated rings. The Labute approximate surface area is 89.2 Å². The maximum absolute atomic E-state index is 11.4. The zero-order valence-electron chi connectivity index (χ0n) is 8.95. The fourth-order valence-electron chi connectivity index (χ4n) is 2.19. The number of hydrogen-bond donors (Lipinski definition) is 2. The van der Waals surface area contributed by atoms with Gasteiger partial charge in [-0.1, -0.05) is 0 Å². The minimum absolute atomic E-state index is 0.169. The van der Waals surface area contributed by atoms with E-state index in [1.165, 1.54) is 0 Å². The van der Waals surface area contributed by atoms with E-state index in [1.54, 1.807) is 0 Å². The van der Waals surface area contributed by atoms with Gasteiger partial charge in [0.25, 0.3) is 0 Å². The van der Waals surface area contributed by atoms with Crippen LogP contribution in [0.4, 0.5) is 0 Å². The minimum Gasteiger partial charge on any atom is -0.316 e. The van der Waals surface area contributed by atoms with Gasteiger partial charge in [0.2, 0.25) is 11.8 Å². The van der Waals surface area contributed by atoms with E-state index in [0.29, 0.717) is 12.5 Å². The summed E-state index contributed by atoms with van der Waals surface area (Å²) >= 11 is 0. The highest BCUT2D eigenvalue weighted by Gasteiger charge is 2.31.